The number of hydrogen-bond donors (Lipinski definition) is 0. The maximum atomic E-state index is 13.3. The highest BCUT2D eigenvalue weighted by molar-refractivity contribution is 6.31. The summed E-state index contributed by atoms with van der Waals surface area (Å²) in [6.45, 7) is 3.81. The highest BCUT2D eigenvalue weighted by Gasteiger charge is 2.32. The van der Waals surface area contributed by atoms with Crippen LogP contribution in [0.3, 0.4) is 0 Å². The van der Waals surface area contributed by atoms with E-state index in [4.69, 9.17) is 16.3 Å². The lowest BCUT2D eigenvalue weighted by atomic mass is 9.70. The Balaban J connectivity index is 1.39. The Labute approximate surface area is 173 Å². The molecule has 2 fully saturated rings. The monoisotopic (exact) mass is 406 g/mol. The molecule has 2 saturated carbocycles. The third-order valence-corrected chi connectivity index (χ3v) is 7.02. The van der Waals surface area contributed by atoms with Crippen molar-refractivity contribution in [2.75, 3.05) is 0 Å². The predicted molar refractivity (Wildman–Crippen MR) is 112 cm³/mol. The molecule has 4 heteroatoms. The van der Waals surface area contributed by atoms with Gasteiger partial charge in [-0.05, 0) is 87.3 Å². The maximum Gasteiger partial charge on any atom is 0.338 e. The molecule has 1 aromatic carbocycles. The van der Waals surface area contributed by atoms with Gasteiger partial charge in [0.2, 0.25) is 0 Å². The van der Waals surface area contributed by atoms with Crippen LogP contribution in [0.15, 0.2) is 30.9 Å². The molecule has 1 aromatic rings. The zero-order valence-electron chi connectivity index (χ0n) is 16.7. The van der Waals surface area contributed by atoms with Crippen LogP contribution in [0, 0.1) is 23.6 Å². The molecule has 3 rings (SSSR count). The van der Waals surface area contributed by atoms with Gasteiger partial charge in [-0.2, -0.15) is 0 Å². The van der Waals surface area contributed by atoms with Crippen LogP contribution in [-0.2, 0) is 4.74 Å². The molecule has 154 valence electrons. The quantitative estimate of drug-likeness (QED) is 0.268. The number of rotatable bonds is 7. The third kappa shape index (κ3) is 5.83. The topological polar surface area (TPSA) is 26.3 Å². The summed E-state index contributed by atoms with van der Waals surface area (Å²) in [5, 5.41) is -0.0433. The molecule has 0 unspecified atom stereocenters. The molecule has 2 nitrogen and oxygen atoms in total. The molecule has 0 aromatic heterocycles. The number of carbonyl (C=O) groups excluding carboxylic acids is 1. The van der Waals surface area contributed by atoms with Gasteiger partial charge in [-0.25, -0.2) is 9.18 Å². The van der Waals surface area contributed by atoms with Crippen LogP contribution in [0.2, 0.25) is 5.02 Å². The summed E-state index contributed by atoms with van der Waals surface area (Å²) >= 11 is 5.76. The summed E-state index contributed by atoms with van der Waals surface area (Å²) in [7, 11) is 0. The molecule has 0 spiro atoms. The van der Waals surface area contributed by atoms with Gasteiger partial charge in [0, 0.05) is 0 Å². The molecule has 28 heavy (non-hydrogen) atoms. The van der Waals surface area contributed by atoms with Crippen LogP contribution in [-0.4, -0.2) is 12.1 Å². The largest absolute Gasteiger partial charge is 0.459 e. The fourth-order valence-corrected chi connectivity index (χ4v) is 5.20. The van der Waals surface area contributed by atoms with Crippen LogP contribution in [0.4, 0.5) is 4.39 Å². The van der Waals surface area contributed by atoms with Crippen LogP contribution in [0.5, 0.6) is 0 Å². The Bertz CT molecular complexity index is 659. The lowest BCUT2D eigenvalue weighted by Crippen LogP contribution is -2.29. The first-order chi connectivity index (χ1) is 13.6. The summed E-state index contributed by atoms with van der Waals surface area (Å²) < 4.78 is 18.9. The molecule has 0 N–H and O–H groups in total. The summed E-state index contributed by atoms with van der Waals surface area (Å²) in [5.74, 6) is 1.63. The average molecular weight is 407 g/mol. The second-order valence-corrected chi connectivity index (χ2v) is 8.98. The first-order valence-corrected chi connectivity index (χ1v) is 11.2. The zero-order chi connectivity index (χ0) is 19.9. The minimum Gasteiger partial charge on any atom is -0.459 e. The van der Waals surface area contributed by atoms with Crippen molar-refractivity contribution < 1.29 is 13.9 Å². The van der Waals surface area contributed by atoms with E-state index in [9.17, 15) is 9.18 Å². The number of ether oxygens (including phenoxy) is 1. The Hall–Kier alpha value is -1.35. The normalized spacial score (nSPS) is 27.9. The first kappa shape index (κ1) is 21.4. The van der Waals surface area contributed by atoms with Crippen molar-refractivity contribution in [3.05, 3.63) is 47.3 Å². The van der Waals surface area contributed by atoms with E-state index in [-0.39, 0.29) is 11.1 Å². The average Bonchev–Trinajstić information content (AvgIpc) is 2.71. The molecular weight excluding hydrogens is 375 g/mol. The van der Waals surface area contributed by atoms with Crippen molar-refractivity contribution in [3.8, 4) is 0 Å². The molecule has 0 bridgehead atoms. The van der Waals surface area contributed by atoms with Gasteiger partial charge in [0.1, 0.15) is 11.9 Å². The second kappa shape index (κ2) is 10.4. The third-order valence-electron chi connectivity index (χ3n) is 6.73. The summed E-state index contributed by atoms with van der Waals surface area (Å²) in [6.07, 6.45) is 15.4. The van der Waals surface area contributed by atoms with E-state index in [1.54, 1.807) is 0 Å². The smallest absolute Gasteiger partial charge is 0.338 e. The molecule has 0 amide bonds. The molecule has 0 heterocycles. The SMILES string of the molecule is C=CCCC[C@H]1CC[C@H](C2CCC(OC(=O)c3ccc(F)c(Cl)c3)CC2)CC1. The van der Waals surface area contributed by atoms with Crippen molar-refractivity contribution in [1.82, 2.24) is 0 Å². The van der Waals surface area contributed by atoms with Gasteiger partial charge >= 0.3 is 5.97 Å². The van der Waals surface area contributed by atoms with Gasteiger partial charge in [0.15, 0.2) is 0 Å². The molecule has 2 aliphatic rings. The second-order valence-electron chi connectivity index (χ2n) is 8.57. The minimum absolute atomic E-state index is 0.0252. The van der Waals surface area contributed by atoms with Gasteiger partial charge in [-0.15, -0.1) is 6.58 Å². The number of allylic oxidation sites excluding steroid dienone is 1. The Morgan fingerprint density at radius 1 is 1.11 bits per heavy atom. The van der Waals surface area contributed by atoms with Gasteiger partial charge in [-0.1, -0.05) is 36.9 Å². The number of benzene rings is 1. The van der Waals surface area contributed by atoms with Crippen LogP contribution in [0.1, 0.15) is 81.0 Å². The number of hydrogen-bond acceptors (Lipinski definition) is 2. The first-order valence-electron chi connectivity index (χ1n) is 10.8. The van der Waals surface area contributed by atoms with Crippen LogP contribution < -0.4 is 0 Å². The Morgan fingerprint density at radius 2 is 1.75 bits per heavy atom. The van der Waals surface area contributed by atoms with E-state index < -0.39 is 11.8 Å². The Morgan fingerprint density at radius 3 is 2.36 bits per heavy atom. The molecule has 0 atom stereocenters. The van der Waals surface area contributed by atoms with E-state index in [0.29, 0.717) is 5.56 Å². The van der Waals surface area contributed by atoms with Gasteiger partial charge in [0.05, 0.1) is 10.6 Å². The fourth-order valence-electron chi connectivity index (χ4n) is 5.02. The van der Waals surface area contributed by atoms with Gasteiger partial charge in [-0.3, -0.25) is 0 Å². The summed E-state index contributed by atoms with van der Waals surface area (Å²) in [5.41, 5.74) is 0.323. The van der Waals surface area contributed by atoms with E-state index in [1.165, 1.54) is 56.7 Å². The molecular formula is C24H32ClFO2. The number of carbonyl (C=O) groups is 1. The number of halogens is 2. The summed E-state index contributed by atoms with van der Waals surface area (Å²) in [6, 6.07) is 3.99. The lowest BCUT2D eigenvalue weighted by Gasteiger charge is -2.37. The predicted octanol–water partition coefficient (Wildman–Crippen LogP) is 7.36. The van der Waals surface area contributed by atoms with E-state index in [2.05, 4.69) is 6.58 Å². The van der Waals surface area contributed by atoms with Crippen molar-refractivity contribution in [2.24, 2.45) is 17.8 Å². The molecule has 0 aliphatic heterocycles. The van der Waals surface area contributed by atoms with E-state index in [1.807, 2.05) is 6.08 Å². The summed E-state index contributed by atoms with van der Waals surface area (Å²) in [4.78, 5) is 12.3. The maximum absolute atomic E-state index is 13.3. The minimum atomic E-state index is -0.519. The standard InChI is InChI=1S/C24H32ClFO2/c1-2-3-4-5-17-6-8-18(9-7-17)19-10-13-21(14-11-19)28-24(27)20-12-15-23(26)22(25)16-20/h2,12,15-19,21H,1,3-11,13-14H2/t17-,18-,19?,21?. The van der Waals surface area contributed by atoms with Crippen molar-refractivity contribution in [2.45, 2.75) is 76.7 Å². The van der Waals surface area contributed by atoms with Gasteiger partial charge in [0.25, 0.3) is 0 Å². The molecule has 2 aliphatic carbocycles. The highest BCUT2D eigenvalue weighted by atomic mass is 35.5. The van der Waals surface area contributed by atoms with E-state index in [0.717, 1.165) is 49.9 Å². The molecule has 0 saturated heterocycles. The van der Waals surface area contributed by atoms with Gasteiger partial charge < -0.3 is 4.74 Å². The van der Waals surface area contributed by atoms with Crippen LogP contribution in [0.25, 0.3) is 0 Å². The van der Waals surface area contributed by atoms with Crippen LogP contribution >= 0.6 is 11.6 Å². The fraction of sp³-hybridized carbons (Fsp3) is 0.625. The van der Waals surface area contributed by atoms with E-state index >= 15 is 0 Å². The highest BCUT2D eigenvalue weighted by Crippen LogP contribution is 2.41. The molecule has 0 radical (unpaired) electrons. The van der Waals surface area contributed by atoms with Crippen molar-refractivity contribution in [1.29, 1.82) is 0 Å². The lowest BCUT2D eigenvalue weighted by molar-refractivity contribution is 0.0109. The Kier molecular flexibility index (Phi) is 7.96. The zero-order valence-corrected chi connectivity index (χ0v) is 17.4. The number of unbranched alkanes of at least 4 members (excludes halogenated alkanes) is 1. The van der Waals surface area contributed by atoms with Crippen molar-refractivity contribution in [3.63, 3.8) is 0 Å². The van der Waals surface area contributed by atoms with Crippen molar-refractivity contribution >= 4 is 17.6 Å². The number of esters is 1.